The third-order valence-corrected chi connectivity index (χ3v) is 11.7. The fourth-order valence-electron chi connectivity index (χ4n) is 6.17. The summed E-state index contributed by atoms with van der Waals surface area (Å²) in [7, 11) is -5.76. The Balaban J connectivity index is 0.000000265. The number of Topliss-reactive ketones (excluding diaryl/α,β-unsaturated/α-hetero) is 1. The Morgan fingerprint density at radius 1 is 0.969 bits per heavy atom. The maximum absolute atomic E-state index is 13.3. The van der Waals surface area contributed by atoms with Crippen LogP contribution in [0.2, 0.25) is 0 Å². The third kappa shape index (κ3) is 4.89. The van der Waals surface area contributed by atoms with Crippen molar-refractivity contribution in [2.24, 2.45) is 11.8 Å². The van der Waals surface area contributed by atoms with Gasteiger partial charge < -0.3 is 4.55 Å². The molecule has 4 nitrogen and oxygen atoms in total. The fourth-order valence-corrected chi connectivity index (χ4v) is 10.4. The quantitative estimate of drug-likeness (QED) is 0.340. The molecule has 4 aliphatic rings. The predicted molar refractivity (Wildman–Crippen MR) is 117 cm³/mol. The topological polar surface area (TPSA) is 74.3 Å². The minimum absolute atomic E-state index is 0.329. The normalized spacial score (nSPS) is 31.2. The molecule has 2 bridgehead atoms. The maximum atomic E-state index is 13.3. The van der Waals surface area contributed by atoms with Gasteiger partial charge in [0.15, 0.2) is 15.4 Å². The van der Waals surface area contributed by atoms with Crippen LogP contribution in [0.25, 0.3) is 0 Å². The molecule has 0 radical (unpaired) electrons. The summed E-state index contributed by atoms with van der Waals surface area (Å²) in [5, 5.41) is 2.07. The molecule has 178 valence electrons. The Kier molecular flexibility index (Phi) is 6.99. The van der Waals surface area contributed by atoms with Crippen LogP contribution in [0.3, 0.4) is 0 Å². The SMILES string of the molecule is O=C1c2ccccc2CC1[S+](C1CCCCC1)C1CC2CCC1C2.O=S(=O)([O-])C(F)(F)F. The Morgan fingerprint density at radius 3 is 2.16 bits per heavy atom. The summed E-state index contributed by atoms with van der Waals surface area (Å²) in [5.41, 5.74) is -3.25. The molecule has 0 heterocycles. The number of hydrogen-bond acceptors (Lipinski definition) is 4. The minimum Gasteiger partial charge on any atom is -0.741 e. The Bertz CT molecular complexity index is 941. The van der Waals surface area contributed by atoms with Gasteiger partial charge >= 0.3 is 5.51 Å². The Labute approximate surface area is 190 Å². The number of alkyl halides is 3. The highest BCUT2D eigenvalue weighted by atomic mass is 32.2. The van der Waals surface area contributed by atoms with Crippen LogP contribution in [0.5, 0.6) is 0 Å². The van der Waals surface area contributed by atoms with Gasteiger partial charge in [-0.1, -0.05) is 30.7 Å². The molecule has 5 atom stereocenters. The van der Waals surface area contributed by atoms with Crippen molar-refractivity contribution >= 4 is 26.8 Å². The van der Waals surface area contributed by atoms with Crippen LogP contribution in [-0.4, -0.2) is 40.0 Å². The van der Waals surface area contributed by atoms with E-state index < -0.39 is 15.6 Å². The van der Waals surface area contributed by atoms with Crippen molar-refractivity contribution in [1.82, 2.24) is 0 Å². The lowest BCUT2D eigenvalue weighted by Crippen LogP contribution is -2.46. The van der Waals surface area contributed by atoms with E-state index in [9.17, 15) is 18.0 Å². The Morgan fingerprint density at radius 2 is 1.62 bits per heavy atom. The molecule has 4 aliphatic carbocycles. The highest BCUT2D eigenvalue weighted by Crippen LogP contribution is 2.51. The Hall–Kier alpha value is -1.06. The number of ketones is 1. The van der Waals surface area contributed by atoms with Crippen LogP contribution in [0.4, 0.5) is 13.2 Å². The molecule has 0 aromatic heterocycles. The molecule has 0 N–H and O–H groups in total. The van der Waals surface area contributed by atoms with Crippen molar-refractivity contribution in [1.29, 1.82) is 0 Å². The van der Waals surface area contributed by atoms with Crippen molar-refractivity contribution in [3.8, 4) is 0 Å². The van der Waals surface area contributed by atoms with Gasteiger partial charge in [0.1, 0.15) is 10.5 Å². The standard InChI is InChI=1S/C22H29OS.CHF3O3S/c23-22-19-9-5-4-6-16(19)14-21(22)24(18-7-2-1-3-8-18)20-13-15-10-11-17(20)12-15;2-1(3,4)8(5,6)7/h4-6,9,15,17-18,20-21H,1-3,7-8,10-14H2;(H,5,6,7)/q+1;/p-1. The second kappa shape index (κ2) is 9.29. The van der Waals surface area contributed by atoms with Crippen LogP contribution in [0.1, 0.15) is 73.7 Å². The smallest absolute Gasteiger partial charge is 0.485 e. The van der Waals surface area contributed by atoms with E-state index in [2.05, 4.69) is 24.3 Å². The number of hydrogen-bond donors (Lipinski definition) is 0. The van der Waals surface area contributed by atoms with Crippen LogP contribution in [0.15, 0.2) is 24.3 Å². The van der Waals surface area contributed by atoms with Gasteiger partial charge in [-0.05, 0) is 62.8 Å². The number of fused-ring (bicyclic) bond motifs is 3. The second-order valence-electron chi connectivity index (χ2n) is 9.50. The fraction of sp³-hybridized carbons (Fsp3) is 0.696. The third-order valence-electron chi connectivity index (χ3n) is 7.55. The number of rotatable bonds is 3. The molecule has 0 amide bonds. The monoisotopic (exact) mass is 490 g/mol. The van der Waals surface area contributed by atoms with Crippen molar-refractivity contribution < 1.29 is 30.9 Å². The van der Waals surface area contributed by atoms with E-state index in [-0.39, 0.29) is 0 Å². The molecular weight excluding hydrogens is 461 g/mol. The number of halogens is 3. The summed E-state index contributed by atoms with van der Waals surface area (Å²) < 4.78 is 58.9. The van der Waals surface area contributed by atoms with Gasteiger partial charge in [0.25, 0.3) is 0 Å². The molecule has 5 rings (SSSR count). The van der Waals surface area contributed by atoms with E-state index in [1.165, 1.54) is 63.4 Å². The predicted octanol–water partition coefficient (Wildman–Crippen LogP) is 4.99. The van der Waals surface area contributed by atoms with Gasteiger partial charge in [-0.2, -0.15) is 13.2 Å². The summed E-state index contributed by atoms with van der Waals surface area (Å²) in [6.07, 6.45) is 13.9. The minimum atomic E-state index is -6.09. The van der Waals surface area contributed by atoms with Gasteiger partial charge in [-0.15, -0.1) is 0 Å². The van der Waals surface area contributed by atoms with Gasteiger partial charge in [0.05, 0.1) is 0 Å². The van der Waals surface area contributed by atoms with Crippen LogP contribution in [0, 0.1) is 11.8 Å². The van der Waals surface area contributed by atoms with E-state index in [1.54, 1.807) is 0 Å². The molecule has 3 saturated carbocycles. The van der Waals surface area contributed by atoms with E-state index in [0.29, 0.717) is 21.9 Å². The zero-order chi connectivity index (χ0) is 23.1. The first-order valence-corrected chi connectivity index (χ1v) is 14.2. The molecule has 9 heteroatoms. The largest absolute Gasteiger partial charge is 0.741 e. The van der Waals surface area contributed by atoms with Crippen molar-refractivity contribution in [2.45, 2.75) is 85.5 Å². The zero-order valence-corrected chi connectivity index (χ0v) is 19.5. The summed E-state index contributed by atoms with van der Waals surface area (Å²) >= 11 is 0. The molecule has 1 aromatic rings. The average Bonchev–Trinajstić information content (AvgIpc) is 3.44. The van der Waals surface area contributed by atoms with Gasteiger partial charge in [0.2, 0.25) is 5.78 Å². The highest BCUT2D eigenvalue weighted by molar-refractivity contribution is 7.99. The molecular formula is C23H29F3O4S2. The van der Waals surface area contributed by atoms with Crippen molar-refractivity contribution in [2.75, 3.05) is 0 Å². The van der Waals surface area contributed by atoms with Gasteiger partial charge in [0, 0.05) is 28.8 Å². The van der Waals surface area contributed by atoms with E-state index in [4.69, 9.17) is 13.0 Å². The first-order chi connectivity index (χ1) is 15.1. The summed E-state index contributed by atoms with van der Waals surface area (Å²) in [5.74, 6) is 2.46. The number of benzene rings is 1. The van der Waals surface area contributed by atoms with Crippen LogP contribution in [-0.2, 0) is 27.4 Å². The summed E-state index contributed by atoms with van der Waals surface area (Å²) in [6, 6.07) is 8.46. The summed E-state index contributed by atoms with van der Waals surface area (Å²) in [6.45, 7) is 0. The molecule has 1 aromatic carbocycles. The first kappa shape index (κ1) is 24.1. The zero-order valence-electron chi connectivity index (χ0n) is 17.9. The highest BCUT2D eigenvalue weighted by Gasteiger charge is 2.57. The van der Waals surface area contributed by atoms with Crippen LogP contribution >= 0.6 is 0 Å². The number of carbonyl (C=O) groups excluding carboxylic acids is 1. The molecule has 3 fully saturated rings. The molecule has 0 saturated heterocycles. The van der Waals surface area contributed by atoms with Gasteiger partial charge in [-0.25, -0.2) is 8.42 Å². The molecule has 0 aliphatic heterocycles. The second-order valence-corrected chi connectivity index (χ2v) is 13.5. The maximum Gasteiger partial charge on any atom is 0.485 e. The average molecular weight is 491 g/mol. The molecule has 5 unspecified atom stereocenters. The van der Waals surface area contributed by atoms with Gasteiger partial charge in [-0.3, -0.25) is 4.79 Å². The van der Waals surface area contributed by atoms with Crippen LogP contribution < -0.4 is 0 Å². The number of carbonyl (C=O) groups is 1. The molecule has 32 heavy (non-hydrogen) atoms. The van der Waals surface area contributed by atoms with Crippen molar-refractivity contribution in [3.63, 3.8) is 0 Å². The lowest BCUT2D eigenvalue weighted by Gasteiger charge is -2.33. The molecule has 0 spiro atoms. The lowest BCUT2D eigenvalue weighted by molar-refractivity contribution is -0.0517. The van der Waals surface area contributed by atoms with E-state index in [1.807, 2.05) is 0 Å². The lowest BCUT2D eigenvalue weighted by atomic mass is 10.00. The van der Waals surface area contributed by atoms with Crippen molar-refractivity contribution in [3.05, 3.63) is 35.4 Å². The first-order valence-electron chi connectivity index (χ1n) is 11.4. The summed E-state index contributed by atoms with van der Waals surface area (Å²) in [4.78, 5) is 13.3. The van der Waals surface area contributed by atoms with E-state index >= 15 is 0 Å². The van der Waals surface area contributed by atoms with E-state index in [0.717, 1.165) is 34.3 Å².